The van der Waals surface area contributed by atoms with E-state index in [1.54, 1.807) is 6.20 Å². The Balaban J connectivity index is 0.00000169. The summed E-state index contributed by atoms with van der Waals surface area (Å²) in [5, 5.41) is 8.53. The number of piperidine rings is 1. The molecule has 1 aliphatic rings. The summed E-state index contributed by atoms with van der Waals surface area (Å²) in [5.74, 6) is 0.638. The second-order valence-corrected chi connectivity index (χ2v) is 7.05. The highest BCUT2D eigenvalue weighted by Gasteiger charge is 2.26. The number of likely N-dealkylation sites (tertiary alicyclic amines) is 1. The monoisotopic (exact) mass is 401 g/mol. The fourth-order valence-corrected chi connectivity index (χ4v) is 3.57. The van der Waals surface area contributed by atoms with E-state index < -0.39 is 0 Å². The van der Waals surface area contributed by atoms with Crippen LogP contribution in [0.15, 0.2) is 12.3 Å². The van der Waals surface area contributed by atoms with Crippen molar-refractivity contribution in [2.75, 3.05) is 26.7 Å². The van der Waals surface area contributed by atoms with E-state index in [1.165, 1.54) is 6.42 Å². The molecule has 1 aliphatic heterocycles. The van der Waals surface area contributed by atoms with Gasteiger partial charge in [0.2, 0.25) is 0 Å². The Kier molecular flexibility index (Phi) is 8.31. The molecule has 6 nitrogen and oxygen atoms in total. The summed E-state index contributed by atoms with van der Waals surface area (Å²) in [7, 11) is 1.97. The van der Waals surface area contributed by atoms with E-state index in [9.17, 15) is 4.79 Å². The van der Waals surface area contributed by atoms with Gasteiger partial charge >= 0.3 is 0 Å². The van der Waals surface area contributed by atoms with Crippen LogP contribution in [0.5, 0.6) is 0 Å². The largest absolute Gasteiger partial charge is 0.338 e. The van der Waals surface area contributed by atoms with Crippen LogP contribution in [0, 0.1) is 12.8 Å². The average Bonchev–Trinajstić information content (AvgIpc) is 2.98. The first kappa shape index (κ1) is 22.7. The fourth-order valence-electron chi connectivity index (χ4n) is 3.57. The summed E-state index contributed by atoms with van der Waals surface area (Å²) in [6.45, 7) is 8.70. The number of fused-ring (bicyclic) bond motifs is 1. The molecule has 1 amide bonds. The second kappa shape index (κ2) is 9.53. The Morgan fingerprint density at radius 3 is 2.77 bits per heavy atom. The number of nitrogens with one attached hydrogen (secondary N) is 1. The highest BCUT2D eigenvalue weighted by atomic mass is 35.5. The summed E-state index contributed by atoms with van der Waals surface area (Å²) in [6, 6.07) is 2.12. The third-order valence-corrected chi connectivity index (χ3v) is 4.71. The lowest BCUT2D eigenvalue weighted by molar-refractivity contribution is 0.0676. The van der Waals surface area contributed by atoms with Gasteiger partial charge in [0, 0.05) is 24.8 Å². The molecule has 146 valence electrons. The molecule has 8 heteroatoms. The van der Waals surface area contributed by atoms with E-state index in [-0.39, 0.29) is 36.8 Å². The SMILES string of the molecule is CNCC1CCCN(C(=O)c2cc(C)nc3c2cnn3C(C)C)C1.Cl.Cl. The van der Waals surface area contributed by atoms with Crippen molar-refractivity contribution in [3.8, 4) is 0 Å². The zero-order valence-corrected chi connectivity index (χ0v) is 17.5. The van der Waals surface area contributed by atoms with Crippen molar-refractivity contribution in [1.82, 2.24) is 25.0 Å². The molecule has 1 atom stereocenters. The minimum absolute atomic E-state index is 0. The predicted octanol–water partition coefficient (Wildman–Crippen LogP) is 3.24. The van der Waals surface area contributed by atoms with Crippen LogP contribution in [-0.2, 0) is 0 Å². The Labute approximate surface area is 167 Å². The van der Waals surface area contributed by atoms with Crippen LogP contribution >= 0.6 is 24.8 Å². The van der Waals surface area contributed by atoms with Crippen molar-refractivity contribution >= 4 is 41.8 Å². The maximum absolute atomic E-state index is 13.1. The Morgan fingerprint density at radius 1 is 1.38 bits per heavy atom. The van der Waals surface area contributed by atoms with E-state index in [0.29, 0.717) is 5.92 Å². The van der Waals surface area contributed by atoms with Gasteiger partial charge < -0.3 is 10.2 Å². The summed E-state index contributed by atoms with van der Waals surface area (Å²) in [6.07, 6.45) is 4.03. The standard InChI is InChI=1S/C18H27N5O.2ClH/c1-12(2)23-17-16(10-20-23)15(8-13(3)21-17)18(24)22-7-5-6-14(11-22)9-19-4;;/h8,10,12,14,19H,5-7,9,11H2,1-4H3;2*1H. The summed E-state index contributed by atoms with van der Waals surface area (Å²) >= 11 is 0. The third kappa shape index (κ3) is 4.48. The van der Waals surface area contributed by atoms with Gasteiger partial charge in [-0.3, -0.25) is 4.79 Å². The maximum atomic E-state index is 13.1. The number of aromatic nitrogens is 3. The molecule has 2 aromatic heterocycles. The van der Waals surface area contributed by atoms with E-state index in [2.05, 4.69) is 29.2 Å². The van der Waals surface area contributed by atoms with Crippen molar-refractivity contribution in [2.24, 2.45) is 5.92 Å². The molecule has 0 spiro atoms. The smallest absolute Gasteiger partial charge is 0.254 e. The number of halogens is 2. The van der Waals surface area contributed by atoms with Gasteiger partial charge in [-0.15, -0.1) is 24.8 Å². The highest BCUT2D eigenvalue weighted by molar-refractivity contribution is 6.05. The van der Waals surface area contributed by atoms with Crippen LogP contribution in [0.4, 0.5) is 0 Å². The number of hydrogen-bond donors (Lipinski definition) is 1. The normalized spacial score (nSPS) is 17.1. The first-order chi connectivity index (χ1) is 11.5. The van der Waals surface area contributed by atoms with Crippen LogP contribution < -0.4 is 5.32 Å². The van der Waals surface area contributed by atoms with E-state index in [4.69, 9.17) is 0 Å². The van der Waals surface area contributed by atoms with Crippen LogP contribution in [0.25, 0.3) is 11.0 Å². The fraction of sp³-hybridized carbons (Fsp3) is 0.611. The molecule has 0 bridgehead atoms. The minimum Gasteiger partial charge on any atom is -0.338 e. The van der Waals surface area contributed by atoms with Crippen LogP contribution in [-0.4, -0.2) is 52.3 Å². The maximum Gasteiger partial charge on any atom is 0.254 e. The molecular weight excluding hydrogens is 373 g/mol. The van der Waals surface area contributed by atoms with Gasteiger partial charge in [-0.2, -0.15) is 5.10 Å². The van der Waals surface area contributed by atoms with Crippen molar-refractivity contribution < 1.29 is 4.79 Å². The lowest BCUT2D eigenvalue weighted by atomic mass is 9.97. The lowest BCUT2D eigenvalue weighted by Crippen LogP contribution is -2.42. The average molecular weight is 402 g/mol. The van der Waals surface area contributed by atoms with Crippen LogP contribution in [0.3, 0.4) is 0 Å². The number of carbonyl (C=O) groups excluding carboxylic acids is 1. The summed E-state index contributed by atoms with van der Waals surface area (Å²) in [5.41, 5.74) is 2.39. The molecule has 0 saturated carbocycles. The van der Waals surface area contributed by atoms with Crippen LogP contribution in [0.1, 0.15) is 48.8 Å². The molecule has 0 aliphatic carbocycles. The van der Waals surface area contributed by atoms with Crippen molar-refractivity contribution in [1.29, 1.82) is 0 Å². The molecular formula is C18H29Cl2N5O. The molecule has 3 heterocycles. The molecule has 1 saturated heterocycles. The van der Waals surface area contributed by atoms with Gasteiger partial charge in [0.1, 0.15) is 0 Å². The van der Waals surface area contributed by atoms with Crippen molar-refractivity contribution in [2.45, 2.75) is 39.7 Å². The van der Waals surface area contributed by atoms with E-state index in [0.717, 1.165) is 48.3 Å². The van der Waals surface area contributed by atoms with Crippen molar-refractivity contribution in [3.63, 3.8) is 0 Å². The molecule has 3 rings (SSSR count). The zero-order valence-electron chi connectivity index (χ0n) is 15.9. The molecule has 0 aromatic carbocycles. The van der Waals surface area contributed by atoms with Gasteiger partial charge in [0.15, 0.2) is 5.65 Å². The molecule has 2 aromatic rings. The summed E-state index contributed by atoms with van der Waals surface area (Å²) in [4.78, 5) is 19.7. The topological polar surface area (TPSA) is 63.1 Å². The van der Waals surface area contributed by atoms with Gasteiger partial charge in [0.25, 0.3) is 5.91 Å². The highest BCUT2D eigenvalue weighted by Crippen LogP contribution is 2.24. The molecule has 0 radical (unpaired) electrons. The number of aryl methyl sites for hydroxylation is 1. The lowest BCUT2D eigenvalue weighted by Gasteiger charge is -2.33. The number of amides is 1. The second-order valence-electron chi connectivity index (χ2n) is 7.05. The third-order valence-electron chi connectivity index (χ3n) is 4.71. The molecule has 1 N–H and O–H groups in total. The van der Waals surface area contributed by atoms with E-state index in [1.807, 2.05) is 29.6 Å². The first-order valence-electron chi connectivity index (χ1n) is 8.80. The molecule has 1 fully saturated rings. The number of rotatable bonds is 4. The van der Waals surface area contributed by atoms with Gasteiger partial charge in [-0.05, 0) is 59.2 Å². The first-order valence-corrected chi connectivity index (χ1v) is 8.80. The van der Waals surface area contributed by atoms with Gasteiger partial charge in [-0.1, -0.05) is 0 Å². The predicted molar refractivity (Wildman–Crippen MR) is 110 cm³/mol. The van der Waals surface area contributed by atoms with Gasteiger partial charge in [-0.25, -0.2) is 9.67 Å². The Morgan fingerprint density at radius 2 is 2.12 bits per heavy atom. The Hall–Kier alpha value is -1.37. The number of hydrogen-bond acceptors (Lipinski definition) is 4. The van der Waals surface area contributed by atoms with Crippen LogP contribution in [0.2, 0.25) is 0 Å². The quantitative estimate of drug-likeness (QED) is 0.853. The van der Waals surface area contributed by atoms with Crippen molar-refractivity contribution in [3.05, 3.63) is 23.5 Å². The zero-order chi connectivity index (χ0) is 17.3. The number of pyridine rings is 1. The van der Waals surface area contributed by atoms with E-state index >= 15 is 0 Å². The summed E-state index contributed by atoms with van der Waals surface area (Å²) < 4.78 is 1.89. The molecule has 26 heavy (non-hydrogen) atoms. The number of carbonyl (C=O) groups is 1. The molecule has 1 unspecified atom stereocenters. The number of nitrogens with zero attached hydrogens (tertiary/aromatic N) is 4. The Bertz CT molecular complexity index is 745. The van der Waals surface area contributed by atoms with Gasteiger partial charge in [0.05, 0.1) is 17.1 Å². The minimum atomic E-state index is 0.